The Balaban J connectivity index is 3.80. The Morgan fingerprint density at radius 1 is 0.800 bits per heavy atom. The molecule has 3 unspecified atom stereocenters. The summed E-state index contributed by atoms with van der Waals surface area (Å²) < 4.78 is 0. The summed E-state index contributed by atoms with van der Waals surface area (Å²) in [4.78, 5) is 2.32. The van der Waals surface area contributed by atoms with Crippen molar-refractivity contribution in [1.82, 2.24) is 4.90 Å². The van der Waals surface area contributed by atoms with Crippen LogP contribution in [0, 0.1) is 0 Å². The molecule has 4 N–H and O–H groups in total. The summed E-state index contributed by atoms with van der Waals surface area (Å²) in [6.45, 7) is 4.39. The Bertz CT molecular complexity index is 206. The van der Waals surface area contributed by atoms with Gasteiger partial charge in [-0.05, 0) is 33.4 Å². The molecule has 0 aromatic heterocycles. The van der Waals surface area contributed by atoms with Gasteiger partial charge in [0.1, 0.15) is 0 Å². The first kappa shape index (κ1) is 19.9. The molecular formula is C17H39N3. The fourth-order valence-electron chi connectivity index (χ4n) is 2.72. The van der Waals surface area contributed by atoms with E-state index >= 15 is 0 Å². The van der Waals surface area contributed by atoms with Crippen molar-refractivity contribution in [3.63, 3.8) is 0 Å². The number of nitrogens with zero attached hydrogens (tertiary/aromatic N) is 1. The highest BCUT2D eigenvalue weighted by atomic mass is 15.1. The van der Waals surface area contributed by atoms with E-state index in [-0.39, 0.29) is 12.1 Å². The van der Waals surface area contributed by atoms with Crippen LogP contribution >= 0.6 is 0 Å². The number of unbranched alkanes of at least 4 members (excludes halogenated alkanes) is 6. The fourth-order valence-corrected chi connectivity index (χ4v) is 2.72. The number of hydrogen-bond donors (Lipinski definition) is 2. The van der Waals surface area contributed by atoms with Gasteiger partial charge in [0.25, 0.3) is 0 Å². The minimum atomic E-state index is 0.136. The van der Waals surface area contributed by atoms with E-state index in [9.17, 15) is 0 Å². The molecule has 0 aliphatic carbocycles. The van der Waals surface area contributed by atoms with Crippen molar-refractivity contribution in [2.75, 3.05) is 14.1 Å². The van der Waals surface area contributed by atoms with Crippen molar-refractivity contribution in [2.45, 2.75) is 96.2 Å². The van der Waals surface area contributed by atoms with Crippen LogP contribution in [0.3, 0.4) is 0 Å². The van der Waals surface area contributed by atoms with Crippen LogP contribution in [0.1, 0.15) is 78.1 Å². The Morgan fingerprint density at radius 3 is 1.85 bits per heavy atom. The summed E-state index contributed by atoms with van der Waals surface area (Å²) in [7, 11) is 4.33. The average Bonchev–Trinajstić information content (AvgIpc) is 2.43. The molecule has 0 saturated carbocycles. The van der Waals surface area contributed by atoms with Gasteiger partial charge in [0, 0.05) is 18.1 Å². The summed E-state index contributed by atoms with van der Waals surface area (Å²) in [5, 5.41) is 0. The monoisotopic (exact) mass is 285 g/mol. The van der Waals surface area contributed by atoms with Crippen LogP contribution in [-0.2, 0) is 0 Å². The van der Waals surface area contributed by atoms with Crippen LogP contribution in [0.25, 0.3) is 0 Å². The molecule has 3 nitrogen and oxygen atoms in total. The normalized spacial score (nSPS) is 16.4. The molecule has 0 spiro atoms. The molecule has 0 aromatic carbocycles. The summed E-state index contributed by atoms with van der Waals surface area (Å²) >= 11 is 0. The van der Waals surface area contributed by atoms with E-state index in [4.69, 9.17) is 11.5 Å². The maximum atomic E-state index is 6.20. The summed E-state index contributed by atoms with van der Waals surface area (Å²) in [6.07, 6.45) is 12.9. The molecule has 0 aliphatic heterocycles. The molecule has 3 heteroatoms. The van der Waals surface area contributed by atoms with Crippen LogP contribution in [0.4, 0.5) is 0 Å². The minimum absolute atomic E-state index is 0.136. The van der Waals surface area contributed by atoms with Gasteiger partial charge in [-0.15, -0.1) is 0 Å². The first-order valence-electron chi connectivity index (χ1n) is 8.70. The van der Waals surface area contributed by atoms with Gasteiger partial charge in [-0.3, -0.25) is 0 Å². The Kier molecular flexibility index (Phi) is 12.5. The molecule has 0 amide bonds. The van der Waals surface area contributed by atoms with E-state index in [1.54, 1.807) is 0 Å². The van der Waals surface area contributed by atoms with Gasteiger partial charge < -0.3 is 16.4 Å². The zero-order chi connectivity index (χ0) is 15.4. The second-order valence-corrected chi connectivity index (χ2v) is 6.50. The van der Waals surface area contributed by atoms with E-state index in [2.05, 4.69) is 32.8 Å². The maximum Gasteiger partial charge on any atom is 0.0207 e. The molecule has 122 valence electrons. The molecule has 0 radical (unpaired) electrons. The summed E-state index contributed by atoms with van der Waals surface area (Å²) in [6, 6.07) is 0.863. The molecule has 0 fully saturated rings. The standard InChI is InChI=1S/C17H39N3/c1-5-7-8-9-10-11-12-13-15(20(3)4)14-17(19)16(18)6-2/h15-17H,5-14,18-19H2,1-4H3. The van der Waals surface area contributed by atoms with Gasteiger partial charge in [-0.25, -0.2) is 0 Å². The Labute approximate surface area is 127 Å². The number of hydrogen-bond acceptors (Lipinski definition) is 3. The number of rotatable bonds is 13. The topological polar surface area (TPSA) is 55.3 Å². The van der Waals surface area contributed by atoms with Gasteiger partial charge in [-0.1, -0.05) is 58.8 Å². The zero-order valence-corrected chi connectivity index (χ0v) is 14.4. The SMILES string of the molecule is CCCCCCCCCC(CC(N)C(N)CC)N(C)C. The van der Waals surface area contributed by atoms with Crippen LogP contribution in [-0.4, -0.2) is 37.1 Å². The van der Waals surface area contributed by atoms with Crippen molar-refractivity contribution in [3.8, 4) is 0 Å². The fraction of sp³-hybridized carbons (Fsp3) is 1.00. The second-order valence-electron chi connectivity index (χ2n) is 6.50. The lowest BCUT2D eigenvalue weighted by atomic mass is 9.95. The van der Waals surface area contributed by atoms with Crippen LogP contribution < -0.4 is 11.5 Å². The molecule has 20 heavy (non-hydrogen) atoms. The molecule has 3 atom stereocenters. The molecule has 0 aliphatic rings. The smallest absolute Gasteiger partial charge is 0.0207 e. The van der Waals surface area contributed by atoms with Crippen LogP contribution in [0.5, 0.6) is 0 Å². The lowest BCUT2D eigenvalue weighted by Crippen LogP contribution is -2.45. The van der Waals surface area contributed by atoms with Gasteiger partial charge in [0.05, 0.1) is 0 Å². The predicted octanol–water partition coefficient (Wildman–Crippen LogP) is 3.51. The van der Waals surface area contributed by atoms with E-state index < -0.39 is 0 Å². The molecule has 0 heterocycles. The third-order valence-electron chi connectivity index (χ3n) is 4.44. The first-order valence-corrected chi connectivity index (χ1v) is 8.70. The van der Waals surface area contributed by atoms with Crippen molar-refractivity contribution in [1.29, 1.82) is 0 Å². The van der Waals surface area contributed by atoms with Gasteiger partial charge in [0.15, 0.2) is 0 Å². The third kappa shape index (κ3) is 9.73. The van der Waals surface area contributed by atoms with Gasteiger partial charge >= 0.3 is 0 Å². The summed E-state index contributed by atoms with van der Waals surface area (Å²) in [5.74, 6) is 0. The lowest BCUT2D eigenvalue weighted by molar-refractivity contribution is 0.236. The predicted molar refractivity (Wildman–Crippen MR) is 90.9 cm³/mol. The third-order valence-corrected chi connectivity index (χ3v) is 4.44. The van der Waals surface area contributed by atoms with Crippen molar-refractivity contribution in [3.05, 3.63) is 0 Å². The van der Waals surface area contributed by atoms with E-state index in [0.717, 1.165) is 12.8 Å². The van der Waals surface area contributed by atoms with E-state index in [1.807, 2.05) is 0 Å². The lowest BCUT2D eigenvalue weighted by Gasteiger charge is -2.29. The van der Waals surface area contributed by atoms with E-state index in [0.29, 0.717) is 6.04 Å². The quantitative estimate of drug-likeness (QED) is 0.509. The number of nitrogens with two attached hydrogens (primary N) is 2. The maximum absolute atomic E-state index is 6.20. The van der Waals surface area contributed by atoms with Crippen molar-refractivity contribution in [2.24, 2.45) is 11.5 Å². The minimum Gasteiger partial charge on any atom is -0.326 e. The van der Waals surface area contributed by atoms with E-state index in [1.165, 1.54) is 51.4 Å². The largest absolute Gasteiger partial charge is 0.326 e. The van der Waals surface area contributed by atoms with Crippen LogP contribution in [0.15, 0.2) is 0 Å². The highest BCUT2D eigenvalue weighted by molar-refractivity contribution is 4.80. The Hall–Kier alpha value is -0.120. The molecular weight excluding hydrogens is 246 g/mol. The second kappa shape index (κ2) is 12.6. The zero-order valence-electron chi connectivity index (χ0n) is 14.4. The highest BCUT2D eigenvalue weighted by Crippen LogP contribution is 2.15. The summed E-state index contributed by atoms with van der Waals surface area (Å²) in [5.41, 5.74) is 12.2. The van der Waals surface area contributed by atoms with Gasteiger partial charge in [0.2, 0.25) is 0 Å². The molecule has 0 aromatic rings. The molecule has 0 bridgehead atoms. The van der Waals surface area contributed by atoms with Crippen LogP contribution in [0.2, 0.25) is 0 Å². The first-order chi connectivity index (χ1) is 9.52. The van der Waals surface area contributed by atoms with Gasteiger partial charge in [-0.2, -0.15) is 0 Å². The molecule has 0 rings (SSSR count). The Morgan fingerprint density at radius 2 is 1.35 bits per heavy atom. The van der Waals surface area contributed by atoms with Crippen molar-refractivity contribution >= 4 is 0 Å². The average molecular weight is 286 g/mol. The molecule has 0 saturated heterocycles. The highest BCUT2D eigenvalue weighted by Gasteiger charge is 2.19. The van der Waals surface area contributed by atoms with Crippen molar-refractivity contribution < 1.29 is 0 Å².